The van der Waals surface area contributed by atoms with Crippen LogP contribution in [0, 0.1) is 0 Å². The van der Waals surface area contributed by atoms with Crippen molar-refractivity contribution >= 4 is 11.6 Å². The molecule has 0 bridgehead atoms. The zero-order chi connectivity index (χ0) is 18.8. The number of aromatic nitrogens is 4. The molecular weight excluding hydrogens is 349 g/mol. The molecule has 0 aliphatic heterocycles. The molecule has 0 aliphatic carbocycles. The lowest BCUT2D eigenvalue weighted by atomic mass is 10.1. The zero-order valence-corrected chi connectivity index (χ0v) is 13.2. The van der Waals surface area contributed by atoms with Gasteiger partial charge in [-0.2, -0.15) is 28.5 Å². The van der Waals surface area contributed by atoms with Crippen molar-refractivity contribution in [2.45, 2.75) is 39.0 Å². The number of amides is 1. The Morgan fingerprint density at radius 2 is 1.92 bits per heavy atom. The average molecular weight is 363 g/mol. The minimum Gasteiger partial charge on any atom is -0.304 e. The lowest BCUT2D eigenvalue weighted by molar-refractivity contribution is -0.143. The number of hydrogen-bond donors (Lipinski definition) is 0. The monoisotopic (exact) mass is 363 g/mol. The van der Waals surface area contributed by atoms with E-state index in [9.17, 15) is 26.7 Å². The molecule has 25 heavy (non-hydrogen) atoms. The molecular formula is C14H14F5N5O. The minimum atomic E-state index is -4.75. The van der Waals surface area contributed by atoms with Crippen molar-refractivity contribution in [2.24, 2.45) is 0 Å². The Hall–Kier alpha value is -2.59. The van der Waals surface area contributed by atoms with Crippen LogP contribution in [-0.4, -0.2) is 38.1 Å². The van der Waals surface area contributed by atoms with E-state index in [0.717, 1.165) is 11.1 Å². The molecule has 0 fully saturated rings. The van der Waals surface area contributed by atoms with Gasteiger partial charge in [-0.25, -0.2) is 8.78 Å². The zero-order valence-electron chi connectivity index (χ0n) is 13.2. The Morgan fingerprint density at radius 3 is 2.40 bits per heavy atom. The summed E-state index contributed by atoms with van der Waals surface area (Å²) in [5.41, 5.74) is -1.39. The van der Waals surface area contributed by atoms with Crippen LogP contribution in [0.15, 0.2) is 24.7 Å². The maximum Gasteiger partial charge on any atom is 0.408 e. The lowest BCUT2D eigenvalue weighted by Gasteiger charge is -2.26. The van der Waals surface area contributed by atoms with E-state index < -0.39 is 42.4 Å². The van der Waals surface area contributed by atoms with Crippen molar-refractivity contribution in [3.05, 3.63) is 35.9 Å². The van der Waals surface area contributed by atoms with Crippen LogP contribution >= 0.6 is 0 Å². The Morgan fingerprint density at radius 1 is 1.24 bits per heavy atom. The highest BCUT2D eigenvalue weighted by atomic mass is 19.4. The van der Waals surface area contributed by atoms with Crippen LogP contribution in [0.3, 0.4) is 0 Å². The topological polar surface area (TPSA) is 63.9 Å². The summed E-state index contributed by atoms with van der Waals surface area (Å²) in [5, 5.41) is 10.5. The first kappa shape index (κ1) is 18.7. The molecule has 0 radical (unpaired) electrons. The first-order valence-electron chi connectivity index (χ1n) is 7.12. The van der Waals surface area contributed by atoms with Gasteiger partial charge in [0, 0.05) is 6.04 Å². The molecule has 0 atom stereocenters. The van der Waals surface area contributed by atoms with Gasteiger partial charge in [-0.15, -0.1) is 0 Å². The van der Waals surface area contributed by atoms with Gasteiger partial charge in [-0.3, -0.25) is 9.48 Å². The number of carbonyl (C=O) groups is 1. The van der Waals surface area contributed by atoms with E-state index in [1.165, 1.54) is 18.5 Å². The quantitative estimate of drug-likeness (QED) is 0.765. The molecule has 0 aliphatic rings. The Labute approximate surface area is 139 Å². The van der Waals surface area contributed by atoms with Gasteiger partial charge in [0.05, 0.1) is 29.8 Å². The largest absolute Gasteiger partial charge is 0.408 e. The first-order chi connectivity index (χ1) is 11.6. The molecule has 0 aromatic carbocycles. The standard InChI is InChI=1S/C14H14F5N5O/c1-8(2)24(9-3-4-20-21-5-9)13(25)10-6-22-23(7-14(17,18)19)11(10)12(15)16/h3-6,8,12H,7H2,1-2H3. The van der Waals surface area contributed by atoms with Crippen molar-refractivity contribution in [3.8, 4) is 0 Å². The molecule has 2 aromatic rings. The SMILES string of the molecule is CC(C)N(C(=O)c1cnn(CC(F)(F)F)c1C(F)F)c1ccnnc1. The van der Waals surface area contributed by atoms with Crippen LogP contribution in [-0.2, 0) is 6.54 Å². The fourth-order valence-corrected chi connectivity index (χ4v) is 2.29. The second-order valence-corrected chi connectivity index (χ2v) is 5.39. The van der Waals surface area contributed by atoms with E-state index in [-0.39, 0.29) is 10.4 Å². The van der Waals surface area contributed by atoms with Crippen LogP contribution in [0.4, 0.5) is 27.6 Å². The lowest BCUT2D eigenvalue weighted by Crippen LogP contribution is -2.37. The molecule has 2 aromatic heterocycles. The van der Waals surface area contributed by atoms with Crippen molar-refractivity contribution in [3.63, 3.8) is 0 Å². The van der Waals surface area contributed by atoms with E-state index in [2.05, 4.69) is 15.3 Å². The van der Waals surface area contributed by atoms with Gasteiger partial charge in [0.1, 0.15) is 12.2 Å². The summed E-state index contributed by atoms with van der Waals surface area (Å²) in [6, 6.07) is 0.973. The summed E-state index contributed by atoms with van der Waals surface area (Å²) in [6.45, 7) is 1.54. The van der Waals surface area contributed by atoms with Gasteiger partial charge in [0.15, 0.2) is 0 Å². The first-order valence-corrected chi connectivity index (χ1v) is 7.12. The van der Waals surface area contributed by atoms with Crippen LogP contribution in [0.2, 0.25) is 0 Å². The molecule has 2 heterocycles. The number of anilines is 1. The molecule has 0 spiro atoms. The number of carbonyl (C=O) groups excluding carboxylic acids is 1. The van der Waals surface area contributed by atoms with E-state index in [4.69, 9.17) is 0 Å². The van der Waals surface area contributed by atoms with E-state index in [0.29, 0.717) is 0 Å². The number of hydrogen-bond acceptors (Lipinski definition) is 4. The van der Waals surface area contributed by atoms with Crippen molar-refractivity contribution in [1.29, 1.82) is 0 Å². The molecule has 136 valence electrons. The van der Waals surface area contributed by atoms with Crippen molar-refractivity contribution < 1.29 is 26.7 Å². The summed E-state index contributed by atoms with van der Waals surface area (Å²) in [7, 11) is 0. The Bertz CT molecular complexity index is 729. The Kier molecular flexibility index (Phi) is 5.33. The number of rotatable bonds is 5. The van der Waals surface area contributed by atoms with Crippen molar-refractivity contribution in [1.82, 2.24) is 20.0 Å². The van der Waals surface area contributed by atoms with Gasteiger partial charge in [0.25, 0.3) is 12.3 Å². The molecule has 6 nitrogen and oxygen atoms in total. The van der Waals surface area contributed by atoms with Gasteiger partial charge in [0.2, 0.25) is 0 Å². The summed E-state index contributed by atoms with van der Waals surface area (Å²) < 4.78 is 64.3. The third-order valence-electron chi connectivity index (χ3n) is 3.23. The van der Waals surface area contributed by atoms with Gasteiger partial charge in [-0.05, 0) is 19.9 Å². The van der Waals surface area contributed by atoms with E-state index >= 15 is 0 Å². The van der Waals surface area contributed by atoms with E-state index in [1.807, 2.05) is 0 Å². The summed E-state index contributed by atoms with van der Waals surface area (Å²) in [5.74, 6) is -0.897. The molecule has 0 saturated carbocycles. The van der Waals surface area contributed by atoms with Crippen LogP contribution in [0.25, 0.3) is 0 Å². The fourth-order valence-electron chi connectivity index (χ4n) is 2.29. The third-order valence-corrected chi connectivity index (χ3v) is 3.23. The van der Waals surface area contributed by atoms with E-state index in [1.54, 1.807) is 13.8 Å². The highest BCUT2D eigenvalue weighted by Crippen LogP contribution is 2.29. The maximum atomic E-state index is 13.3. The number of halogens is 5. The number of alkyl halides is 5. The predicted octanol–water partition coefficient (Wildman–Crippen LogP) is 3.23. The fraction of sp³-hybridized carbons (Fsp3) is 0.429. The van der Waals surface area contributed by atoms with Gasteiger partial charge in [-0.1, -0.05) is 0 Å². The molecule has 0 saturated heterocycles. The van der Waals surface area contributed by atoms with Gasteiger partial charge >= 0.3 is 6.18 Å². The minimum absolute atomic E-state index is 0.0984. The molecule has 2 rings (SSSR count). The maximum absolute atomic E-state index is 13.3. The van der Waals surface area contributed by atoms with Crippen molar-refractivity contribution in [2.75, 3.05) is 4.90 Å². The third kappa shape index (κ3) is 4.28. The summed E-state index contributed by atoms with van der Waals surface area (Å²) in [6.07, 6.45) is -4.77. The van der Waals surface area contributed by atoms with Gasteiger partial charge < -0.3 is 4.90 Å². The summed E-state index contributed by atoms with van der Waals surface area (Å²) >= 11 is 0. The number of nitrogens with zero attached hydrogens (tertiary/aromatic N) is 5. The van der Waals surface area contributed by atoms with Crippen LogP contribution in [0.5, 0.6) is 0 Å². The molecule has 0 N–H and O–H groups in total. The highest BCUT2D eigenvalue weighted by molar-refractivity contribution is 6.07. The summed E-state index contributed by atoms with van der Waals surface area (Å²) in [4.78, 5) is 13.8. The normalized spacial score (nSPS) is 12.0. The van der Waals surface area contributed by atoms with Crippen LogP contribution in [0.1, 0.15) is 36.3 Å². The van der Waals surface area contributed by atoms with Crippen LogP contribution < -0.4 is 4.90 Å². The molecule has 0 unspecified atom stereocenters. The molecule has 1 amide bonds. The average Bonchev–Trinajstić information content (AvgIpc) is 2.89. The second-order valence-electron chi connectivity index (χ2n) is 5.39. The highest BCUT2D eigenvalue weighted by Gasteiger charge is 2.35. The smallest absolute Gasteiger partial charge is 0.304 e. The molecule has 11 heteroatoms. The Balaban J connectivity index is 2.47. The second kappa shape index (κ2) is 7.11. The predicted molar refractivity (Wildman–Crippen MR) is 77.2 cm³/mol.